The molecule has 1 aliphatic rings. The lowest BCUT2D eigenvalue weighted by atomic mass is 10.0. The number of ether oxygens (including phenoxy) is 2. The van der Waals surface area contributed by atoms with E-state index in [1.807, 2.05) is 69.4 Å². The second kappa shape index (κ2) is 30.2. The Bertz CT molecular complexity index is 3710. The Hall–Kier alpha value is -6.08. The van der Waals surface area contributed by atoms with Gasteiger partial charge in [-0.25, -0.2) is 19.3 Å². The van der Waals surface area contributed by atoms with Gasteiger partial charge in [0, 0.05) is 150 Å². The van der Waals surface area contributed by atoms with Crippen LogP contribution in [-0.2, 0) is 22.6 Å². The molecule has 6 N–H and O–H groups in total. The molecule has 0 amide bonds. The number of carbonyl (C=O) groups is 1. The standard InChI is InChI=1S/C17H14N4O2.C12H13IN2O2.C10H9IN2O2.C8H5IN2O.C4H8O.C2H6O2.CH4/c22-7-6-21-10-15(11-3-5-18-8-14(11)17(21)23)13-9-20-16-12(13)2-1-4-19-16;1-12(2,3)17-11(16)15-7-9(13)8-5-4-6-14-10(8)15;11-9-6-13(3-4-14)10(15)8-5-12-2-1-7(8)9;9-7-4-11-8(12)6-3-10-2-1-5(6)7;1-2-4-5-3-1;3-1-2-4;/h1-5,8-10,22H,6-7H2,(H,19,20);4-7H,1-3H3;1-2,5-6,14H,3-4H2;1-4H,(H,11,12);1-4H2;3-4H,1-2H2;1H4. The van der Waals surface area contributed by atoms with E-state index in [0.717, 1.165) is 67.6 Å². The monoisotopic (exact) mass is 1390 g/mol. The third-order valence-electron chi connectivity index (χ3n) is 10.8. The van der Waals surface area contributed by atoms with Gasteiger partial charge < -0.3 is 49.0 Å². The van der Waals surface area contributed by atoms with E-state index in [9.17, 15) is 24.3 Å². The Kier molecular flexibility index (Phi) is 24.2. The molecule has 10 aromatic heterocycles. The van der Waals surface area contributed by atoms with Crippen LogP contribution in [0.3, 0.4) is 0 Å². The van der Waals surface area contributed by atoms with E-state index in [-0.39, 0.29) is 57.1 Å². The molecule has 1 saturated heterocycles. The number of carbonyl (C=O) groups excluding carboxylic acids is 1. The molecule has 77 heavy (non-hydrogen) atoms. The number of nitrogens with zero attached hydrogens (tertiary/aromatic N) is 8. The molecule has 1 aliphatic heterocycles. The number of aliphatic hydroxyl groups is 4. The Morgan fingerprint density at radius 1 is 0.610 bits per heavy atom. The van der Waals surface area contributed by atoms with Gasteiger partial charge >= 0.3 is 6.09 Å². The lowest BCUT2D eigenvalue weighted by Crippen LogP contribution is -2.26. The van der Waals surface area contributed by atoms with Crippen LogP contribution in [-0.4, -0.2) is 120 Å². The molecule has 0 aliphatic carbocycles. The summed E-state index contributed by atoms with van der Waals surface area (Å²) in [6, 6.07) is 13.2. The smallest absolute Gasteiger partial charge is 0.420 e. The SMILES string of the molecule is C.C1CCOC1.CC(C)(C)OC(=O)n1cc(I)c2cccnc21.O=c1[nH]cc(I)c2ccncc12.O=c1c2cnccc2c(-c2c[nH]c3ncccc23)cn1CCO.O=c1c2cnccc2c(I)cn1CCO.OCCO. The van der Waals surface area contributed by atoms with Gasteiger partial charge in [-0.1, -0.05) is 7.43 Å². The number of fused-ring (bicyclic) bond motifs is 5. The number of halogens is 3. The topological polar surface area (TPSA) is 278 Å². The summed E-state index contributed by atoms with van der Waals surface area (Å²) in [7, 11) is 0. The van der Waals surface area contributed by atoms with Gasteiger partial charge in [0.1, 0.15) is 16.9 Å². The first-order valence-corrected chi connectivity index (χ1v) is 26.8. The fourth-order valence-electron chi connectivity index (χ4n) is 7.42. The van der Waals surface area contributed by atoms with Gasteiger partial charge in [0.05, 0.1) is 42.6 Å². The number of hydrogen-bond acceptors (Lipinski definition) is 15. The highest BCUT2D eigenvalue weighted by Gasteiger charge is 2.21. The van der Waals surface area contributed by atoms with Gasteiger partial charge in [-0.3, -0.25) is 29.3 Å². The number of aliphatic hydroxyl groups excluding tert-OH is 4. The third-order valence-corrected chi connectivity index (χ3v) is 13.4. The average molecular weight is 1390 g/mol. The molecule has 10 aromatic rings. The molecule has 11 rings (SSSR count). The molecule has 0 radical (unpaired) electrons. The van der Waals surface area contributed by atoms with Crippen molar-refractivity contribution in [1.29, 1.82) is 0 Å². The fourth-order valence-corrected chi connectivity index (χ4v) is 9.55. The van der Waals surface area contributed by atoms with Crippen molar-refractivity contribution in [1.82, 2.24) is 48.6 Å². The molecule has 0 bridgehead atoms. The molecule has 0 spiro atoms. The summed E-state index contributed by atoms with van der Waals surface area (Å²) >= 11 is 6.53. The largest absolute Gasteiger partial charge is 0.443 e. The minimum atomic E-state index is -0.506. The zero-order valence-electron chi connectivity index (χ0n) is 41.6. The molecule has 406 valence electrons. The van der Waals surface area contributed by atoms with E-state index in [4.69, 9.17) is 24.8 Å². The van der Waals surface area contributed by atoms with Gasteiger partial charge in [0.2, 0.25) is 0 Å². The minimum absolute atomic E-state index is 0. The Morgan fingerprint density at radius 3 is 1.70 bits per heavy atom. The van der Waals surface area contributed by atoms with E-state index >= 15 is 0 Å². The lowest BCUT2D eigenvalue weighted by molar-refractivity contribution is 0.0543. The molecule has 20 nitrogen and oxygen atoms in total. The normalized spacial score (nSPS) is 11.7. The maximum absolute atomic E-state index is 12.5. The van der Waals surface area contributed by atoms with Crippen molar-refractivity contribution < 1.29 is 34.7 Å². The van der Waals surface area contributed by atoms with Gasteiger partial charge in [-0.15, -0.1) is 0 Å². The van der Waals surface area contributed by atoms with E-state index in [1.54, 1.807) is 74.4 Å². The molecule has 0 atom stereocenters. The number of aromatic nitrogens is 10. The second-order valence-electron chi connectivity index (χ2n) is 17.3. The maximum atomic E-state index is 12.5. The van der Waals surface area contributed by atoms with Crippen molar-refractivity contribution in [2.24, 2.45) is 0 Å². The summed E-state index contributed by atoms with van der Waals surface area (Å²) in [5, 5.41) is 39.7. The minimum Gasteiger partial charge on any atom is -0.443 e. The van der Waals surface area contributed by atoms with Crippen LogP contribution in [0.15, 0.2) is 137 Å². The highest BCUT2D eigenvalue weighted by Crippen LogP contribution is 2.32. The number of hydrogen-bond donors (Lipinski definition) is 6. The predicted molar refractivity (Wildman–Crippen MR) is 324 cm³/mol. The van der Waals surface area contributed by atoms with Crippen LogP contribution in [0.5, 0.6) is 0 Å². The number of nitrogens with one attached hydrogen (secondary N) is 2. The van der Waals surface area contributed by atoms with Gasteiger partial charge in [0.25, 0.3) is 16.7 Å². The van der Waals surface area contributed by atoms with Crippen molar-refractivity contribution in [2.45, 2.75) is 59.7 Å². The summed E-state index contributed by atoms with van der Waals surface area (Å²) < 4.78 is 17.7. The van der Waals surface area contributed by atoms with Crippen molar-refractivity contribution in [3.05, 3.63) is 165 Å². The third kappa shape index (κ3) is 16.5. The first-order chi connectivity index (χ1) is 36.6. The number of pyridine rings is 8. The molecule has 0 saturated carbocycles. The van der Waals surface area contributed by atoms with Crippen LogP contribution < -0.4 is 16.7 Å². The Morgan fingerprint density at radius 2 is 1.14 bits per heavy atom. The van der Waals surface area contributed by atoms with E-state index in [1.165, 1.54) is 26.5 Å². The van der Waals surface area contributed by atoms with Crippen LogP contribution in [0.25, 0.3) is 65.5 Å². The number of H-pyrrole nitrogens is 2. The molecule has 11 heterocycles. The predicted octanol–water partition coefficient (Wildman–Crippen LogP) is 8.28. The van der Waals surface area contributed by atoms with Crippen LogP contribution >= 0.6 is 67.8 Å². The Labute approximate surface area is 483 Å². The maximum Gasteiger partial charge on any atom is 0.420 e. The first kappa shape index (κ1) is 61.8. The van der Waals surface area contributed by atoms with Crippen molar-refractivity contribution >= 4 is 128 Å². The van der Waals surface area contributed by atoms with E-state index in [2.05, 4.69) is 103 Å². The highest BCUT2D eigenvalue weighted by atomic mass is 127. The van der Waals surface area contributed by atoms with Crippen LogP contribution in [0.4, 0.5) is 4.79 Å². The van der Waals surface area contributed by atoms with E-state index < -0.39 is 11.7 Å². The quantitative estimate of drug-likeness (QED) is 0.0855. The van der Waals surface area contributed by atoms with Crippen LogP contribution in [0, 0.1) is 10.7 Å². The molecular formula is C54H59I3N10O10. The van der Waals surface area contributed by atoms with Crippen molar-refractivity contribution in [3.8, 4) is 11.1 Å². The van der Waals surface area contributed by atoms with Gasteiger partial charge in [0.15, 0.2) is 0 Å². The second-order valence-corrected chi connectivity index (χ2v) is 20.8. The summed E-state index contributed by atoms with van der Waals surface area (Å²) in [5.41, 5.74) is 2.46. The first-order valence-electron chi connectivity index (χ1n) is 23.6. The number of aromatic amines is 2. The molecule has 0 aromatic carbocycles. The zero-order valence-corrected chi connectivity index (χ0v) is 48.0. The molecule has 23 heteroatoms. The molecule has 0 unspecified atom stereocenters. The average Bonchev–Trinajstić information content (AvgIpc) is 4.23. The zero-order chi connectivity index (χ0) is 54.8. The summed E-state index contributed by atoms with van der Waals surface area (Å²) in [6.07, 6.45) is 24.2. The van der Waals surface area contributed by atoms with Gasteiger partial charge in [-0.05, 0) is 149 Å². The Balaban J connectivity index is 0.000000182. The number of rotatable bonds is 6. The van der Waals surface area contributed by atoms with Crippen LogP contribution in [0.2, 0.25) is 0 Å². The van der Waals surface area contributed by atoms with E-state index in [0.29, 0.717) is 28.4 Å². The van der Waals surface area contributed by atoms with Crippen LogP contribution in [0.1, 0.15) is 41.0 Å². The fraction of sp³-hybridized carbons (Fsp3) is 0.278. The molecule has 1 fully saturated rings. The summed E-state index contributed by atoms with van der Waals surface area (Å²) in [4.78, 5) is 73.8. The summed E-state index contributed by atoms with van der Waals surface area (Å²) in [6.45, 7) is 7.71. The molecular weight excluding hydrogens is 1330 g/mol. The van der Waals surface area contributed by atoms with Crippen molar-refractivity contribution in [3.63, 3.8) is 0 Å². The van der Waals surface area contributed by atoms with Gasteiger partial charge in [-0.2, -0.15) is 0 Å². The highest BCUT2D eigenvalue weighted by molar-refractivity contribution is 14.1. The lowest BCUT2D eigenvalue weighted by Gasteiger charge is -2.19. The summed E-state index contributed by atoms with van der Waals surface area (Å²) in [5.74, 6) is 0. The van der Waals surface area contributed by atoms with Crippen molar-refractivity contribution in [2.75, 3.05) is 39.6 Å².